The van der Waals surface area contributed by atoms with Crippen LogP contribution in [0.2, 0.25) is 0 Å². The van der Waals surface area contributed by atoms with Gasteiger partial charge in [-0.25, -0.2) is 0 Å². The van der Waals surface area contributed by atoms with Crippen molar-refractivity contribution in [3.8, 4) is 0 Å². The number of nitrogens with zero attached hydrogens (tertiary/aromatic N) is 1. The monoisotopic (exact) mass is 241 g/mol. The van der Waals surface area contributed by atoms with Crippen molar-refractivity contribution in [2.75, 3.05) is 26.2 Å². The molecule has 0 aromatic rings. The number of hydrogen-bond acceptors (Lipinski definition) is 4. The molecule has 2 rings (SSSR count). The van der Waals surface area contributed by atoms with Crippen molar-refractivity contribution in [3.63, 3.8) is 0 Å². The fourth-order valence-corrected chi connectivity index (χ4v) is 2.24. The molecule has 2 atom stereocenters. The second-order valence-electron chi connectivity index (χ2n) is 5.16. The Morgan fingerprint density at radius 2 is 2.24 bits per heavy atom. The summed E-state index contributed by atoms with van der Waals surface area (Å²) in [4.78, 5) is 13.9. The first-order chi connectivity index (χ1) is 8.17. The Kier molecular flexibility index (Phi) is 4.36. The summed E-state index contributed by atoms with van der Waals surface area (Å²) in [5.74, 6) is 0.177. The van der Waals surface area contributed by atoms with Crippen LogP contribution in [0.4, 0.5) is 0 Å². The number of amides is 1. The topological polar surface area (TPSA) is 67.6 Å². The number of morpholine rings is 1. The average Bonchev–Trinajstić information content (AvgIpc) is 3.09. The predicted molar refractivity (Wildman–Crippen MR) is 65.6 cm³/mol. The minimum absolute atomic E-state index is 0.116. The van der Waals surface area contributed by atoms with E-state index in [-0.39, 0.29) is 18.1 Å². The van der Waals surface area contributed by atoms with Gasteiger partial charge in [-0.3, -0.25) is 9.69 Å². The van der Waals surface area contributed by atoms with Crippen LogP contribution in [0, 0.1) is 0 Å². The molecule has 2 aliphatic rings. The molecule has 1 amide bonds. The van der Waals surface area contributed by atoms with Crippen molar-refractivity contribution in [3.05, 3.63) is 0 Å². The van der Waals surface area contributed by atoms with E-state index in [9.17, 15) is 4.79 Å². The van der Waals surface area contributed by atoms with E-state index in [1.807, 2.05) is 0 Å². The fraction of sp³-hybridized carbons (Fsp3) is 0.917. The summed E-state index contributed by atoms with van der Waals surface area (Å²) in [6.07, 6.45) is 3.21. The number of nitrogens with one attached hydrogen (secondary N) is 1. The third-order valence-corrected chi connectivity index (χ3v) is 3.26. The number of carbonyl (C=O) groups excluding carboxylic acids is 1. The zero-order valence-electron chi connectivity index (χ0n) is 10.5. The largest absolute Gasteiger partial charge is 0.371 e. The van der Waals surface area contributed by atoms with Gasteiger partial charge in [0.05, 0.1) is 12.2 Å². The average molecular weight is 241 g/mol. The van der Waals surface area contributed by atoms with E-state index < -0.39 is 0 Å². The van der Waals surface area contributed by atoms with Crippen LogP contribution >= 0.6 is 0 Å². The van der Waals surface area contributed by atoms with Crippen LogP contribution in [-0.4, -0.2) is 55.2 Å². The minimum atomic E-state index is 0.116. The molecule has 0 bridgehead atoms. The first-order valence-electron chi connectivity index (χ1n) is 6.54. The minimum Gasteiger partial charge on any atom is -0.371 e. The fourth-order valence-electron chi connectivity index (χ4n) is 2.24. The lowest BCUT2D eigenvalue weighted by Crippen LogP contribution is -2.50. The van der Waals surface area contributed by atoms with Gasteiger partial charge < -0.3 is 15.8 Å². The van der Waals surface area contributed by atoms with Gasteiger partial charge in [0.25, 0.3) is 0 Å². The van der Waals surface area contributed by atoms with Crippen molar-refractivity contribution in [2.45, 2.75) is 44.4 Å². The second kappa shape index (κ2) is 5.80. The molecule has 0 aromatic heterocycles. The molecule has 17 heavy (non-hydrogen) atoms. The molecule has 2 unspecified atom stereocenters. The van der Waals surface area contributed by atoms with Crippen LogP contribution in [-0.2, 0) is 9.53 Å². The molecule has 1 saturated heterocycles. The Morgan fingerprint density at radius 3 is 2.88 bits per heavy atom. The van der Waals surface area contributed by atoms with Crippen molar-refractivity contribution in [1.82, 2.24) is 10.2 Å². The lowest BCUT2D eigenvalue weighted by atomic mass is 10.2. The van der Waals surface area contributed by atoms with E-state index in [0.717, 1.165) is 32.5 Å². The number of hydrogen-bond donors (Lipinski definition) is 2. The van der Waals surface area contributed by atoms with Crippen LogP contribution in [0.15, 0.2) is 0 Å². The molecule has 1 aliphatic heterocycles. The molecule has 98 valence electrons. The van der Waals surface area contributed by atoms with Gasteiger partial charge in [-0.15, -0.1) is 0 Å². The Morgan fingerprint density at radius 1 is 1.47 bits per heavy atom. The Bertz CT molecular complexity index is 268. The van der Waals surface area contributed by atoms with E-state index in [2.05, 4.69) is 17.1 Å². The molecule has 1 aliphatic carbocycles. The smallest absolute Gasteiger partial charge is 0.221 e. The highest BCUT2D eigenvalue weighted by atomic mass is 16.5. The maximum absolute atomic E-state index is 11.6. The molecule has 0 spiro atoms. The van der Waals surface area contributed by atoms with Gasteiger partial charge in [0.2, 0.25) is 5.91 Å². The van der Waals surface area contributed by atoms with Gasteiger partial charge in [0, 0.05) is 38.6 Å². The molecule has 5 nitrogen and oxygen atoms in total. The summed E-state index contributed by atoms with van der Waals surface area (Å²) in [7, 11) is 0. The molecule has 5 heteroatoms. The zero-order chi connectivity index (χ0) is 12.3. The summed E-state index contributed by atoms with van der Waals surface area (Å²) >= 11 is 0. The van der Waals surface area contributed by atoms with Crippen LogP contribution in [0.3, 0.4) is 0 Å². The van der Waals surface area contributed by atoms with Crippen molar-refractivity contribution < 1.29 is 9.53 Å². The summed E-state index contributed by atoms with van der Waals surface area (Å²) < 4.78 is 5.68. The summed E-state index contributed by atoms with van der Waals surface area (Å²) in [5.41, 5.74) is 5.63. The first-order valence-corrected chi connectivity index (χ1v) is 6.54. The molecular weight excluding hydrogens is 218 g/mol. The molecule has 1 heterocycles. The lowest BCUT2D eigenvalue weighted by Gasteiger charge is -2.36. The molecule has 2 fully saturated rings. The van der Waals surface area contributed by atoms with Gasteiger partial charge in [-0.2, -0.15) is 0 Å². The number of nitrogens with two attached hydrogens (primary N) is 1. The molecular formula is C12H23N3O2. The standard InChI is InChI=1S/C12H23N3O2/c1-9-7-15(8-11(6-13)17-9)5-4-12(16)14-10-2-3-10/h9-11H,2-8,13H2,1H3,(H,14,16). The maximum atomic E-state index is 11.6. The summed E-state index contributed by atoms with van der Waals surface area (Å²) in [6.45, 7) is 5.15. The maximum Gasteiger partial charge on any atom is 0.221 e. The summed E-state index contributed by atoms with van der Waals surface area (Å²) in [6, 6.07) is 0.461. The van der Waals surface area contributed by atoms with Crippen molar-refractivity contribution in [2.24, 2.45) is 5.73 Å². The summed E-state index contributed by atoms with van der Waals surface area (Å²) in [5, 5.41) is 3.01. The second-order valence-corrected chi connectivity index (χ2v) is 5.16. The third kappa shape index (κ3) is 4.26. The zero-order valence-corrected chi connectivity index (χ0v) is 10.5. The van der Waals surface area contributed by atoms with E-state index in [1.54, 1.807) is 0 Å². The Hall–Kier alpha value is -0.650. The van der Waals surface area contributed by atoms with E-state index in [4.69, 9.17) is 10.5 Å². The highest BCUT2D eigenvalue weighted by molar-refractivity contribution is 5.76. The van der Waals surface area contributed by atoms with E-state index in [0.29, 0.717) is 19.0 Å². The van der Waals surface area contributed by atoms with Gasteiger partial charge >= 0.3 is 0 Å². The molecule has 1 saturated carbocycles. The number of ether oxygens (including phenoxy) is 1. The van der Waals surface area contributed by atoms with Gasteiger partial charge in [-0.05, 0) is 19.8 Å². The first kappa shape index (κ1) is 12.8. The molecule has 3 N–H and O–H groups in total. The SMILES string of the molecule is CC1CN(CCC(=O)NC2CC2)CC(CN)O1. The number of carbonyl (C=O) groups is 1. The van der Waals surface area contributed by atoms with Crippen molar-refractivity contribution >= 4 is 5.91 Å². The van der Waals surface area contributed by atoms with E-state index in [1.165, 1.54) is 0 Å². The number of rotatable bonds is 5. The predicted octanol–water partition coefficient (Wildman–Crippen LogP) is -0.297. The highest BCUT2D eigenvalue weighted by Crippen LogP contribution is 2.18. The van der Waals surface area contributed by atoms with Crippen LogP contribution < -0.4 is 11.1 Å². The Labute approximate surface area is 103 Å². The molecule has 0 radical (unpaired) electrons. The Balaban J connectivity index is 1.68. The quantitative estimate of drug-likeness (QED) is 0.693. The third-order valence-electron chi connectivity index (χ3n) is 3.26. The molecule has 0 aromatic carbocycles. The van der Waals surface area contributed by atoms with Gasteiger partial charge in [-0.1, -0.05) is 0 Å². The van der Waals surface area contributed by atoms with Gasteiger partial charge in [0.15, 0.2) is 0 Å². The van der Waals surface area contributed by atoms with Crippen molar-refractivity contribution in [1.29, 1.82) is 0 Å². The van der Waals surface area contributed by atoms with Crippen LogP contribution in [0.5, 0.6) is 0 Å². The van der Waals surface area contributed by atoms with Gasteiger partial charge in [0.1, 0.15) is 0 Å². The normalized spacial score (nSPS) is 30.2. The van der Waals surface area contributed by atoms with E-state index >= 15 is 0 Å². The van der Waals surface area contributed by atoms with Crippen LogP contribution in [0.25, 0.3) is 0 Å². The highest BCUT2D eigenvalue weighted by Gasteiger charge is 2.26. The van der Waals surface area contributed by atoms with Crippen LogP contribution in [0.1, 0.15) is 26.2 Å². The lowest BCUT2D eigenvalue weighted by molar-refractivity contribution is -0.122.